The van der Waals surface area contributed by atoms with Gasteiger partial charge in [-0.05, 0) is 12.8 Å². The number of hydrogen-bond acceptors (Lipinski definition) is 8. The molecule has 10 heteroatoms. The molecule has 4 rings (SSSR count). The highest BCUT2D eigenvalue weighted by atomic mass is 32.2. The van der Waals surface area contributed by atoms with Crippen LogP contribution in [-0.4, -0.2) is 62.7 Å². The van der Waals surface area contributed by atoms with Crippen molar-refractivity contribution < 1.29 is 8.95 Å². The molecule has 1 fully saturated rings. The van der Waals surface area contributed by atoms with Crippen molar-refractivity contribution in [3.8, 4) is 11.3 Å². The molecule has 0 aromatic carbocycles. The third-order valence-corrected chi connectivity index (χ3v) is 6.24. The molecule has 2 aliphatic rings. The van der Waals surface area contributed by atoms with Crippen LogP contribution in [0, 0.1) is 0 Å². The average molecular weight is 389 g/mol. The summed E-state index contributed by atoms with van der Waals surface area (Å²) in [6.45, 7) is 5.46. The van der Waals surface area contributed by atoms with Gasteiger partial charge in [-0.3, -0.25) is 4.31 Å². The first-order chi connectivity index (χ1) is 13.2. The van der Waals surface area contributed by atoms with Gasteiger partial charge in [0.05, 0.1) is 18.9 Å². The fourth-order valence-electron chi connectivity index (χ4n) is 3.30. The lowest BCUT2D eigenvalue weighted by atomic mass is 10.1. The van der Waals surface area contributed by atoms with Crippen LogP contribution in [0.15, 0.2) is 12.4 Å². The minimum Gasteiger partial charge on any atom is -0.378 e. The number of nitrogens with two attached hydrogens (primary N) is 1. The van der Waals surface area contributed by atoms with E-state index in [2.05, 4.69) is 14.9 Å². The third-order valence-electron chi connectivity index (χ3n) is 4.64. The minimum absolute atomic E-state index is 0.225. The Labute approximate surface area is 160 Å². The first-order valence-corrected chi connectivity index (χ1v) is 10.4. The van der Waals surface area contributed by atoms with E-state index in [1.807, 2.05) is 11.2 Å². The van der Waals surface area contributed by atoms with Crippen LogP contribution < -0.4 is 14.9 Å². The number of aromatic nitrogens is 4. The summed E-state index contributed by atoms with van der Waals surface area (Å²) in [4.78, 5) is 19.9. The molecule has 2 N–H and O–H groups in total. The quantitative estimate of drug-likeness (QED) is 0.799. The van der Waals surface area contributed by atoms with Crippen molar-refractivity contribution in [2.45, 2.75) is 19.8 Å². The lowest BCUT2D eigenvalue weighted by Crippen LogP contribution is -2.37. The molecule has 0 spiro atoms. The topological polar surface area (TPSA) is 110 Å². The predicted molar refractivity (Wildman–Crippen MR) is 105 cm³/mol. The summed E-state index contributed by atoms with van der Waals surface area (Å²) in [5.74, 6) is 2.23. The zero-order valence-corrected chi connectivity index (χ0v) is 16.1. The third kappa shape index (κ3) is 3.59. The molecule has 0 radical (unpaired) electrons. The average Bonchev–Trinajstić information content (AvgIpc) is 3.13. The van der Waals surface area contributed by atoms with Crippen molar-refractivity contribution in [2.24, 2.45) is 0 Å². The van der Waals surface area contributed by atoms with Gasteiger partial charge in [-0.25, -0.2) is 19.2 Å². The van der Waals surface area contributed by atoms with Gasteiger partial charge in [0.15, 0.2) is 0 Å². The Morgan fingerprint density at radius 2 is 1.93 bits per heavy atom. The van der Waals surface area contributed by atoms with Gasteiger partial charge in [0, 0.05) is 48.9 Å². The van der Waals surface area contributed by atoms with Gasteiger partial charge in [-0.15, -0.1) is 0 Å². The summed E-state index contributed by atoms with van der Waals surface area (Å²) in [6.07, 6.45) is 4.96. The smallest absolute Gasteiger partial charge is 0.228 e. The van der Waals surface area contributed by atoms with E-state index in [9.17, 15) is 4.21 Å². The Morgan fingerprint density at radius 3 is 2.63 bits per heavy atom. The van der Waals surface area contributed by atoms with E-state index in [0.717, 1.165) is 48.6 Å². The zero-order valence-electron chi connectivity index (χ0n) is 15.3. The summed E-state index contributed by atoms with van der Waals surface area (Å²) >= 11 is 0. The number of nitrogen functional groups attached to an aromatic ring is 1. The molecule has 1 saturated heterocycles. The number of rotatable bonds is 5. The van der Waals surface area contributed by atoms with E-state index in [1.54, 1.807) is 12.4 Å². The van der Waals surface area contributed by atoms with E-state index >= 15 is 0 Å². The van der Waals surface area contributed by atoms with E-state index in [4.69, 9.17) is 20.4 Å². The molecular formula is C17H23N7O2S. The number of morpholine rings is 1. The molecule has 1 atom stereocenters. The molecule has 4 heterocycles. The van der Waals surface area contributed by atoms with Gasteiger partial charge in [0.1, 0.15) is 16.8 Å². The van der Waals surface area contributed by atoms with E-state index < -0.39 is 11.0 Å². The van der Waals surface area contributed by atoms with Gasteiger partial charge in [-0.1, -0.05) is 6.92 Å². The molecule has 144 valence electrons. The highest BCUT2D eigenvalue weighted by Crippen LogP contribution is 2.36. The Hall–Kier alpha value is -2.33. The van der Waals surface area contributed by atoms with Crippen LogP contribution in [0.2, 0.25) is 0 Å². The van der Waals surface area contributed by atoms with Crippen molar-refractivity contribution in [1.82, 2.24) is 19.9 Å². The van der Waals surface area contributed by atoms with Crippen LogP contribution in [0.4, 0.5) is 17.7 Å². The van der Waals surface area contributed by atoms with E-state index in [0.29, 0.717) is 31.5 Å². The Balaban J connectivity index is 1.80. The molecule has 9 nitrogen and oxygen atoms in total. The fraction of sp³-hybridized carbons (Fsp3) is 0.529. The molecule has 2 aromatic heterocycles. The number of anilines is 3. The van der Waals surface area contributed by atoms with Crippen molar-refractivity contribution in [1.29, 1.82) is 0 Å². The second-order valence-corrected chi connectivity index (χ2v) is 7.97. The molecule has 0 saturated carbocycles. The number of fused-ring (bicyclic) bond motifs is 1. The lowest BCUT2D eigenvalue weighted by molar-refractivity contribution is 0.122. The normalized spacial score (nSPS) is 17.8. The van der Waals surface area contributed by atoms with Gasteiger partial charge in [-0.2, -0.15) is 4.98 Å². The van der Waals surface area contributed by atoms with Crippen molar-refractivity contribution in [2.75, 3.05) is 53.5 Å². The molecule has 2 aromatic rings. The maximum Gasteiger partial charge on any atom is 0.228 e. The molecule has 0 bridgehead atoms. The molecule has 0 aliphatic carbocycles. The van der Waals surface area contributed by atoms with E-state index in [-0.39, 0.29) is 5.95 Å². The van der Waals surface area contributed by atoms with Crippen molar-refractivity contribution in [3.63, 3.8) is 0 Å². The highest BCUT2D eigenvalue weighted by Gasteiger charge is 2.31. The van der Waals surface area contributed by atoms with Crippen LogP contribution in [0.1, 0.15) is 18.9 Å². The minimum atomic E-state index is -1.09. The Morgan fingerprint density at radius 1 is 1.19 bits per heavy atom. The maximum atomic E-state index is 12.7. The first-order valence-electron chi connectivity index (χ1n) is 9.15. The summed E-state index contributed by atoms with van der Waals surface area (Å²) < 4.78 is 20.0. The van der Waals surface area contributed by atoms with Crippen molar-refractivity contribution in [3.05, 3.63) is 18.0 Å². The molecule has 1 unspecified atom stereocenters. The summed E-state index contributed by atoms with van der Waals surface area (Å²) in [5.41, 5.74) is 8.21. The Kier molecular flexibility index (Phi) is 5.17. The zero-order chi connectivity index (χ0) is 18.8. The van der Waals surface area contributed by atoms with Crippen LogP contribution in [-0.2, 0) is 22.1 Å². The van der Waals surface area contributed by atoms with Crippen LogP contribution in [0.5, 0.6) is 0 Å². The largest absolute Gasteiger partial charge is 0.378 e. The van der Waals surface area contributed by atoms with Gasteiger partial charge < -0.3 is 15.4 Å². The fourth-order valence-corrected chi connectivity index (χ4v) is 4.51. The number of hydrogen-bond donors (Lipinski definition) is 1. The second-order valence-electron chi connectivity index (χ2n) is 6.48. The van der Waals surface area contributed by atoms with Crippen LogP contribution in [0.3, 0.4) is 0 Å². The Bertz CT molecular complexity index is 840. The van der Waals surface area contributed by atoms with Gasteiger partial charge in [0.2, 0.25) is 11.9 Å². The number of nitrogens with zero attached hydrogens (tertiary/aromatic N) is 6. The lowest BCUT2D eigenvalue weighted by Gasteiger charge is -2.28. The molecular weight excluding hydrogens is 366 g/mol. The number of ether oxygens (including phenoxy) is 1. The summed E-state index contributed by atoms with van der Waals surface area (Å²) in [7, 11) is -1.09. The molecule has 0 amide bonds. The first kappa shape index (κ1) is 18.1. The monoisotopic (exact) mass is 389 g/mol. The van der Waals surface area contributed by atoms with Crippen LogP contribution in [0.25, 0.3) is 11.3 Å². The summed E-state index contributed by atoms with van der Waals surface area (Å²) in [5, 5.41) is 0. The van der Waals surface area contributed by atoms with Crippen LogP contribution >= 0.6 is 0 Å². The highest BCUT2D eigenvalue weighted by molar-refractivity contribution is 7.86. The second kappa shape index (κ2) is 7.73. The maximum absolute atomic E-state index is 12.7. The predicted octanol–water partition coefficient (Wildman–Crippen LogP) is 0.789. The SMILES string of the molecule is CCCS(=O)N1CCc2c(-c3cnc(N)nc3)nc(N3CCOCC3)nc21. The van der Waals surface area contributed by atoms with Crippen molar-refractivity contribution >= 4 is 28.7 Å². The summed E-state index contributed by atoms with van der Waals surface area (Å²) in [6, 6.07) is 0. The van der Waals surface area contributed by atoms with Gasteiger partial charge >= 0.3 is 0 Å². The van der Waals surface area contributed by atoms with E-state index in [1.165, 1.54) is 0 Å². The standard InChI is InChI=1S/C17H23N7O2S/c1-2-9-27(25)24-4-3-13-14(12-10-19-16(18)20-11-12)21-17(22-15(13)24)23-5-7-26-8-6-23/h10-11H,2-9H2,1H3,(H2,18,19,20). The van der Waals surface area contributed by atoms with Gasteiger partial charge in [0.25, 0.3) is 0 Å². The molecule has 27 heavy (non-hydrogen) atoms. The molecule has 2 aliphatic heterocycles.